The second kappa shape index (κ2) is 5.72. The lowest BCUT2D eigenvalue weighted by Crippen LogP contribution is -2.42. The van der Waals surface area contributed by atoms with Crippen LogP contribution in [0.15, 0.2) is 21.6 Å². The maximum Gasteiger partial charge on any atom is 0.271 e. The van der Waals surface area contributed by atoms with Crippen LogP contribution in [0.25, 0.3) is 0 Å². The average Bonchev–Trinajstić information content (AvgIpc) is 2.93. The topological polar surface area (TPSA) is 88.6 Å². The van der Waals surface area contributed by atoms with Crippen LogP contribution in [-0.4, -0.2) is 39.0 Å². The SMILES string of the molecule is CN1C2CCC1CC(CNCc1ccc(S(N)(=O)=O)o1)C2. The molecule has 2 unspecified atom stereocenters. The van der Waals surface area contributed by atoms with E-state index in [2.05, 4.69) is 17.3 Å². The molecule has 2 atom stereocenters. The third kappa shape index (κ3) is 3.31. The minimum Gasteiger partial charge on any atom is -0.447 e. The molecule has 0 aliphatic carbocycles. The molecule has 2 fully saturated rings. The number of nitrogens with two attached hydrogens (primary N) is 1. The molecule has 0 aromatic carbocycles. The van der Waals surface area contributed by atoms with Crippen molar-refractivity contribution in [2.45, 2.75) is 49.4 Å². The number of sulfonamides is 1. The molecule has 3 heterocycles. The third-order valence-electron chi connectivity index (χ3n) is 4.85. The first-order valence-corrected chi connectivity index (χ1v) is 9.02. The Kier molecular flexibility index (Phi) is 4.09. The number of hydrogen-bond donors (Lipinski definition) is 2. The summed E-state index contributed by atoms with van der Waals surface area (Å²) >= 11 is 0. The Morgan fingerprint density at radius 2 is 2.00 bits per heavy atom. The Balaban J connectivity index is 1.48. The van der Waals surface area contributed by atoms with Gasteiger partial charge in [-0.3, -0.25) is 0 Å². The van der Waals surface area contributed by atoms with E-state index in [4.69, 9.17) is 9.56 Å². The van der Waals surface area contributed by atoms with Crippen LogP contribution in [0.4, 0.5) is 0 Å². The minimum atomic E-state index is -3.74. The molecule has 2 aliphatic rings. The van der Waals surface area contributed by atoms with E-state index in [0.717, 1.165) is 18.6 Å². The van der Waals surface area contributed by atoms with Gasteiger partial charge in [-0.25, -0.2) is 13.6 Å². The number of fused-ring (bicyclic) bond motifs is 2. The van der Waals surface area contributed by atoms with E-state index in [9.17, 15) is 8.42 Å². The zero-order valence-electron chi connectivity index (χ0n) is 12.3. The summed E-state index contributed by atoms with van der Waals surface area (Å²) in [6, 6.07) is 4.55. The summed E-state index contributed by atoms with van der Waals surface area (Å²) in [5, 5.41) is 8.22. The van der Waals surface area contributed by atoms with E-state index in [0.29, 0.717) is 18.2 Å². The Hall–Kier alpha value is -0.890. The van der Waals surface area contributed by atoms with Crippen molar-refractivity contribution in [1.82, 2.24) is 10.2 Å². The lowest BCUT2D eigenvalue weighted by molar-refractivity contribution is 0.132. The molecule has 0 amide bonds. The van der Waals surface area contributed by atoms with Gasteiger partial charge in [0.25, 0.3) is 10.0 Å². The third-order valence-corrected chi connectivity index (χ3v) is 5.63. The van der Waals surface area contributed by atoms with Crippen molar-refractivity contribution in [2.24, 2.45) is 11.1 Å². The van der Waals surface area contributed by atoms with Crippen LogP contribution in [-0.2, 0) is 16.6 Å². The normalized spacial score (nSPS) is 29.9. The second-order valence-electron chi connectivity index (χ2n) is 6.28. The van der Waals surface area contributed by atoms with Crippen molar-refractivity contribution in [2.75, 3.05) is 13.6 Å². The number of piperidine rings is 1. The molecule has 6 nitrogen and oxygen atoms in total. The summed E-state index contributed by atoms with van der Waals surface area (Å²) in [5.74, 6) is 1.31. The number of hydrogen-bond acceptors (Lipinski definition) is 5. The molecule has 2 aliphatic heterocycles. The van der Waals surface area contributed by atoms with E-state index in [-0.39, 0.29) is 5.09 Å². The number of rotatable bonds is 5. The number of furan rings is 1. The van der Waals surface area contributed by atoms with Gasteiger partial charge in [0, 0.05) is 12.1 Å². The fraction of sp³-hybridized carbons (Fsp3) is 0.714. The smallest absolute Gasteiger partial charge is 0.271 e. The number of nitrogens with one attached hydrogen (secondary N) is 1. The lowest BCUT2D eigenvalue weighted by atomic mass is 9.91. The van der Waals surface area contributed by atoms with Gasteiger partial charge in [-0.2, -0.15) is 0 Å². The second-order valence-corrected chi connectivity index (χ2v) is 7.78. The highest BCUT2D eigenvalue weighted by atomic mass is 32.2. The molecule has 0 saturated carbocycles. The summed E-state index contributed by atoms with van der Waals surface area (Å²) < 4.78 is 27.5. The standard InChI is InChI=1S/C14H23N3O3S/c1-17-11-2-3-12(17)7-10(6-11)8-16-9-13-4-5-14(20-13)21(15,18)19/h4-5,10-12,16H,2-3,6-9H2,1H3,(H2,15,18,19). The van der Waals surface area contributed by atoms with Crippen molar-refractivity contribution >= 4 is 10.0 Å². The molecular weight excluding hydrogens is 290 g/mol. The number of nitrogens with zero attached hydrogens (tertiary/aromatic N) is 1. The molecule has 1 aromatic rings. The van der Waals surface area contributed by atoms with Crippen LogP contribution < -0.4 is 10.5 Å². The fourth-order valence-electron chi connectivity index (χ4n) is 3.70. The predicted octanol–water partition coefficient (Wildman–Crippen LogP) is 0.889. The zero-order valence-corrected chi connectivity index (χ0v) is 13.1. The Bertz CT molecular complexity index is 584. The van der Waals surface area contributed by atoms with Gasteiger partial charge in [0.15, 0.2) is 0 Å². The molecule has 2 saturated heterocycles. The highest BCUT2D eigenvalue weighted by Crippen LogP contribution is 2.37. The zero-order chi connectivity index (χ0) is 15.0. The summed E-state index contributed by atoms with van der Waals surface area (Å²) in [7, 11) is -1.50. The van der Waals surface area contributed by atoms with Crippen molar-refractivity contribution in [1.29, 1.82) is 0 Å². The van der Waals surface area contributed by atoms with Gasteiger partial charge in [0.1, 0.15) is 5.76 Å². The first-order chi connectivity index (χ1) is 9.93. The Morgan fingerprint density at radius 1 is 1.33 bits per heavy atom. The highest BCUT2D eigenvalue weighted by Gasteiger charge is 2.37. The molecule has 3 rings (SSSR count). The quantitative estimate of drug-likeness (QED) is 0.843. The molecule has 2 bridgehead atoms. The first-order valence-electron chi connectivity index (χ1n) is 7.47. The molecular formula is C14H23N3O3S. The Labute approximate surface area is 125 Å². The largest absolute Gasteiger partial charge is 0.447 e. The van der Waals surface area contributed by atoms with Crippen molar-refractivity contribution in [3.05, 3.63) is 17.9 Å². The summed E-state index contributed by atoms with van der Waals surface area (Å²) in [5.41, 5.74) is 0. The van der Waals surface area contributed by atoms with Crippen LogP contribution in [0.3, 0.4) is 0 Å². The lowest BCUT2D eigenvalue weighted by Gasteiger charge is -2.36. The molecule has 118 valence electrons. The summed E-state index contributed by atoms with van der Waals surface area (Å²) in [4.78, 5) is 2.53. The average molecular weight is 313 g/mol. The van der Waals surface area contributed by atoms with Gasteiger partial charge < -0.3 is 14.6 Å². The van der Waals surface area contributed by atoms with Gasteiger partial charge in [0.05, 0.1) is 6.54 Å². The fourth-order valence-corrected chi connectivity index (χ4v) is 4.18. The van der Waals surface area contributed by atoms with Gasteiger partial charge in [-0.15, -0.1) is 0 Å². The van der Waals surface area contributed by atoms with E-state index in [1.807, 2.05) is 0 Å². The van der Waals surface area contributed by atoms with Gasteiger partial charge in [-0.1, -0.05) is 0 Å². The maximum absolute atomic E-state index is 11.1. The molecule has 0 radical (unpaired) electrons. The monoisotopic (exact) mass is 313 g/mol. The van der Waals surface area contributed by atoms with E-state index in [1.165, 1.54) is 31.7 Å². The molecule has 1 aromatic heterocycles. The van der Waals surface area contributed by atoms with Crippen molar-refractivity contribution in [3.8, 4) is 0 Å². The van der Waals surface area contributed by atoms with Crippen molar-refractivity contribution < 1.29 is 12.8 Å². The van der Waals surface area contributed by atoms with Crippen LogP contribution in [0.5, 0.6) is 0 Å². The molecule has 3 N–H and O–H groups in total. The van der Waals surface area contributed by atoms with Gasteiger partial charge >= 0.3 is 0 Å². The maximum atomic E-state index is 11.1. The van der Waals surface area contributed by atoms with Gasteiger partial charge in [0.2, 0.25) is 5.09 Å². The number of primary sulfonamides is 1. The van der Waals surface area contributed by atoms with E-state index in [1.54, 1.807) is 6.07 Å². The molecule has 21 heavy (non-hydrogen) atoms. The summed E-state index contributed by atoms with van der Waals surface area (Å²) in [6.07, 6.45) is 5.16. The van der Waals surface area contributed by atoms with Gasteiger partial charge in [-0.05, 0) is 57.3 Å². The van der Waals surface area contributed by atoms with Crippen LogP contribution in [0.2, 0.25) is 0 Å². The first kappa shape index (κ1) is 15.0. The predicted molar refractivity (Wildman–Crippen MR) is 79.1 cm³/mol. The van der Waals surface area contributed by atoms with Crippen LogP contribution in [0.1, 0.15) is 31.4 Å². The van der Waals surface area contributed by atoms with Crippen LogP contribution in [0, 0.1) is 5.92 Å². The van der Waals surface area contributed by atoms with Crippen LogP contribution >= 0.6 is 0 Å². The summed E-state index contributed by atoms with van der Waals surface area (Å²) in [6.45, 7) is 1.49. The highest BCUT2D eigenvalue weighted by molar-refractivity contribution is 7.89. The van der Waals surface area contributed by atoms with E-state index < -0.39 is 10.0 Å². The Morgan fingerprint density at radius 3 is 2.57 bits per heavy atom. The molecule has 0 spiro atoms. The van der Waals surface area contributed by atoms with Crippen molar-refractivity contribution in [3.63, 3.8) is 0 Å². The van der Waals surface area contributed by atoms with E-state index >= 15 is 0 Å². The molecule has 7 heteroatoms. The minimum absolute atomic E-state index is 0.170.